The minimum atomic E-state index is -0.112. The van der Waals surface area contributed by atoms with Gasteiger partial charge in [-0.2, -0.15) is 0 Å². The van der Waals surface area contributed by atoms with Crippen LogP contribution in [0.4, 0.5) is 5.69 Å². The number of nitrogens with zero attached hydrogens (tertiary/aromatic N) is 1. The van der Waals surface area contributed by atoms with Crippen LogP contribution in [0.3, 0.4) is 0 Å². The number of hydrogen-bond acceptors (Lipinski definition) is 1. The molecule has 0 spiro atoms. The van der Waals surface area contributed by atoms with E-state index in [0.29, 0.717) is 0 Å². The maximum Gasteiger partial charge on any atom is 0.0626 e. The molecule has 2 rings (SSSR count). The highest BCUT2D eigenvalue weighted by Gasteiger charge is 2.22. The van der Waals surface area contributed by atoms with Crippen molar-refractivity contribution < 1.29 is 0 Å². The molecule has 0 saturated carbocycles. The molecular formula is C18H19N. The molecule has 0 amide bonds. The van der Waals surface area contributed by atoms with Crippen LogP contribution in [-0.2, 0) is 5.41 Å². The highest BCUT2D eigenvalue weighted by molar-refractivity contribution is 5.76. The number of rotatable bonds is 5. The molecular weight excluding hydrogens is 230 g/mol. The molecule has 0 aliphatic carbocycles. The first-order valence-electron chi connectivity index (χ1n) is 6.51. The van der Waals surface area contributed by atoms with Crippen molar-refractivity contribution in [3.8, 4) is 0 Å². The summed E-state index contributed by atoms with van der Waals surface area (Å²) in [6, 6.07) is 20.5. The lowest BCUT2D eigenvalue weighted by molar-refractivity contribution is 0.664. The first kappa shape index (κ1) is 13.3. The summed E-state index contributed by atoms with van der Waals surface area (Å²) in [6.45, 7) is 6.06. The molecule has 0 saturated heterocycles. The number of para-hydroxylation sites is 1. The van der Waals surface area contributed by atoms with Crippen molar-refractivity contribution in [1.82, 2.24) is 0 Å². The van der Waals surface area contributed by atoms with Crippen LogP contribution in [0.25, 0.3) is 0 Å². The molecule has 96 valence electrons. The molecule has 0 fully saturated rings. The number of aliphatic imine (C=N–C) groups is 1. The van der Waals surface area contributed by atoms with Gasteiger partial charge in [-0.05, 0) is 24.1 Å². The van der Waals surface area contributed by atoms with Gasteiger partial charge in [-0.3, -0.25) is 4.99 Å². The predicted octanol–water partition coefficient (Wildman–Crippen LogP) is 4.92. The minimum absolute atomic E-state index is 0.112. The van der Waals surface area contributed by atoms with Gasteiger partial charge >= 0.3 is 0 Å². The smallest absolute Gasteiger partial charge is 0.0626 e. The van der Waals surface area contributed by atoms with E-state index in [4.69, 9.17) is 0 Å². The van der Waals surface area contributed by atoms with Crippen molar-refractivity contribution >= 4 is 11.9 Å². The van der Waals surface area contributed by atoms with Crippen LogP contribution < -0.4 is 0 Å². The summed E-state index contributed by atoms with van der Waals surface area (Å²) >= 11 is 0. The van der Waals surface area contributed by atoms with E-state index in [1.807, 2.05) is 48.7 Å². The van der Waals surface area contributed by atoms with Crippen molar-refractivity contribution in [1.29, 1.82) is 0 Å². The maximum absolute atomic E-state index is 4.60. The predicted molar refractivity (Wildman–Crippen MR) is 83.2 cm³/mol. The number of hydrogen-bond donors (Lipinski definition) is 0. The van der Waals surface area contributed by atoms with Crippen LogP contribution >= 0.6 is 0 Å². The molecule has 1 unspecified atom stereocenters. The standard InChI is InChI=1S/C18H19N/c1-3-14-18(2,16-10-6-4-7-11-16)15-19-17-12-8-5-9-13-17/h3-13,15H,1,14H2,2H3. The molecule has 0 aliphatic rings. The summed E-state index contributed by atoms with van der Waals surface area (Å²) in [5.41, 5.74) is 2.13. The monoisotopic (exact) mass is 249 g/mol. The molecule has 2 aromatic carbocycles. The van der Waals surface area contributed by atoms with Crippen molar-refractivity contribution in [2.45, 2.75) is 18.8 Å². The number of benzene rings is 2. The fraction of sp³-hybridized carbons (Fsp3) is 0.167. The van der Waals surface area contributed by atoms with Gasteiger partial charge in [0, 0.05) is 11.6 Å². The van der Waals surface area contributed by atoms with Crippen LogP contribution in [-0.4, -0.2) is 6.21 Å². The Hall–Kier alpha value is -2.15. The van der Waals surface area contributed by atoms with E-state index in [1.165, 1.54) is 5.56 Å². The Balaban J connectivity index is 2.30. The van der Waals surface area contributed by atoms with E-state index in [-0.39, 0.29) is 5.41 Å². The molecule has 0 aromatic heterocycles. The summed E-state index contributed by atoms with van der Waals surface area (Å²) < 4.78 is 0. The van der Waals surface area contributed by atoms with Gasteiger partial charge in [0.1, 0.15) is 0 Å². The Morgan fingerprint density at radius 3 is 2.16 bits per heavy atom. The molecule has 0 bridgehead atoms. The quantitative estimate of drug-likeness (QED) is 0.526. The Morgan fingerprint density at radius 1 is 1.00 bits per heavy atom. The fourth-order valence-corrected chi connectivity index (χ4v) is 2.09. The molecule has 1 nitrogen and oxygen atoms in total. The molecule has 1 atom stereocenters. The lowest BCUT2D eigenvalue weighted by Gasteiger charge is -2.24. The van der Waals surface area contributed by atoms with E-state index >= 15 is 0 Å². The SMILES string of the molecule is C=CCC(C)(C=Nc1ccccc1)c1ccccc1. The van der Waals surface area contributed by atoms with Crippen LogP contribution in [0.1, 0.15) is 18.9 Å². The Bertz CT molecular complexity index is 542. The zero-order valence-electron chi connectivity index (χ0n) is 11.3. The van der Waals surface area contributed by atoms with Gasteiger partial charge < -0.3 is 0 Å². The van der Waals surface area contributed by atoms with Crippen LogP contribution in [0.2, 0.25) is 0 Å². The third-order valence-corrected chi connectivity index (χ3v) is 3.26. The fourth-order valence-electron chi connectivity index (χ4n) is 2.09. The van der Waals surface area contributed by atoms with E-state index in [2.05, 4.69) is 42.8 Å². The van der Waals surface area contributed by atoms with Crippen molar-refractivity contribution in [3.63, 3.8) is 0 Å². The van der Waals surface area contributed by atoms with Crippen LogP contribution in [0.15, 0.2) is 78.3 Å². The summed E-state index contributed by atoms with van der Waals surface area (Å²) in [4.78, 5) is 4.60. The second-order valence-electron chi connectivity index (χ2n) is 4.87. The third-order valence-electron chi connectivity index (χ3n) is 3.26. The summed E-state index contributed by atoms with van der Waals surface area (Å²) in [7, 11) is 0. The Labute approximate surface area is 115 Å². The molecule has 0 heterocycles. The molecule has 19 heavy (non-hydrogen) atoms. The summed E-state index contributed by atoms with van der Waals surface area (Å²) in [5, 5.41) is 0. The average Bonchev–Trinajstić information content (AvgIpc) is 2.48. The summed E-state index contributed by atoms with van der Waals surface area (Å²) in [5.74, 6) is 0. The van der Waals surface area contributed by atoms with Gasteiger partial charge in [0.2, 0.25) is 0 Å². The zero-order chi connectivity index (χ0) is 13.6. The van der Waals surface area contributed by atoms with Crippen LogP contribution in [0.5, 0.6) is 0 Å². The van der Waals surface area contributed by atoms with E-state index < -0.39 is 0 Å². The first-order chi connectivity index (χ1) is 9.24. The third kappa shape index (κ3) is 3.41. The van der Waals surface area contributed by atoms with Gasteiger partial charge in [0.05, 0.1) is 5.69 Å². The molecule has 0 N–H and O–H groups in total. The lowest BCUT2D eigenvalue weighted by Crippen LogP contribution is -2.22. The molecule has 0 radical (unpaired) electrons. The first-order valence-corrected chi connectivity index (χ1v) is 6.51. The lowest BCUT2D eigenvalue weighted by atomic mass is 9.80. The molecule has 0 aliphatic heterocycles. The molecule has 1 heteroatoms. The largest absolute Gasteiger partial charge is 0.260 e. The second-order valence-corrected chi connectivity index (χ2v) is 4.87. The topological polar surface area (TPSA) is 12.4 Å². The maximum atomic E-state index is 4.60. The van der Waals surface area contributed by atoms with Crippen molar-refractivity contribution in [2.24, 2.45) is 4.99 Å². The van der Waals surface area contributed by atoms with Gasteiger partial charge in [-0.15, -0.1) is 6.58 Å². The van der Waals surface area contributed by atoms with Gasteiger partial charge in [0.25, 0.3) is 0 Å². The van der Waals surface area contributed by atoms with Crippen molar-refractivity contribution in [2.75, 3.05) is 0 Å². The zero-order valence-corrected chi connectivity index (χ0v) is 11.3. The van der Waals surface area contributed by atoms with E-state index in [9.17, 15) is 0 Å². The normalized spacial score (nSPS) is 14.2. The average molecular weight is 249 g/mol. The highest BCUT2D eigenvalue weighted by atomic mass is 14.7. The highest BCUT2D eigenvalue weighted by Crippen LogP contribution is 2.27. The minimum Gasteiger partial charge on any atom is -0.260 e. The van der Waals surface area contributed by atoms with E-state index in [1.54, 1.807) is 0 Å². The van der Waals surface area contributed by atoms with Gasteiger partial charge in [-0.25, -0.2) is 0 Å². The van der Waals surface area contributed by atoms with Gasteiger partial charge in [0.15, 0.2) is 0 Å². The Morgan fingerprint density at radius 2 is 1.58 bits per heavy atom. The molecule has 2 aromatic rings. The van der Waals surface area contributed by atoms with Crippen LogP contribution in [0, 0.1) is 0 Å². The van der Waals surface area contributed by atoms with Gasteiger partial charge in [-0.1, -0.05) is 61.5 Å². The summed E-state index contributed by atoms with van der Waals surface area (Å²) in [6.07, 6.45) is 4.84. The second kappa shape index (κ2) is 6.14. The van der Waals surface area contributed by atoms with Crippen molar-refractivity contribution in [3.05, 3.63) is 78.9 Å². The Kier molecular flexibility index (Phi) is 4.30. The van der Waals surface area contributed by atoms with E-state index in [0.717, 1.165) is 12.1 Å². The number of allylic oxidation sites excluding steroid dienone is 1.